The summed E-state index contributed by atoms with van der Waals surface area (Å²) in [6, 6.07) is 6.42. The summed E-state index contributed by atoms with van der Waals surface area (Å²) >= 11 is 12.6. The number of methoxy groups -OCH3 is 1. The Hall–Kier alpha value is -1.43. The van der Waals surface area contributed by atoms with E-state index in [0.29, 0.717) is 16.1 Å². The van der Waals surface area contributed by atoms with E-state index in [0.717, 1.165) is 43.5 Å². The number of rotatable bonds is 6. The van der Waals surface area contributed by atoms with Crippen LogP contribution in [0.1, 0.15) is 38.1 Å². The van der Waals surface area contributed by atoms with E-state index >= 15 is 0 Å². The topological polar surface area (TPSA) is 33.5 Å². The van der Waals surface area contributed by atoms with E-state index in [1.807, 2.05) is 24.5 Å². The number of piperazine rings is 1. The fourth-order valence-corrected chi connectivity index (χ4v) is 5.05. The SMILES string of the molecule is COc1cnn(C2CCC(CCN3CCN(c4cccc(Cl)c4Cl)CC3)CC2)c1. The molecule has 2 aliphatic rings. The molecule has 1 aliphatic carbocycles. The van der Waals surface area contributed by atoms with Gasteiger partial charge < -0.3 is 9.64 Å². The quantitative estimate of drug-likeness (QED) is 0.627. The van der Waals surface area contributed by atoms with Crippen LogP contribution in [0.15, 0.2) is 30.6 Å². The normalized spacial score (nSPS) is 23.3. The Bertz CT molecular complexity index is 796. The Morgan fingerprint density at radius 3 is 2.52 bits per heavy atom. The molecular weight excluding hydrogens is 407 g/mol. The van der Waals surface area contributed by atoms with Crippen molar-refractivity contribution in [3.05, 3.63) is 40.6 Å². The third-order valence-corrected chi connectivity index (χ3v) is 7.31. The van der Waals surface area contributed by atoms with E-state index in [1.165, 1.54) is 38.6 Å². The van der Waals surface area contributed by atoms with E-state index in [-0.39, 0.29) is 0 Å². The minimum atomic E-state index is 0.529. The van der Waals surface area contributed by atoms with Gasteiger partial charge in [0, 0.05) is 26.2 Å². The molecule has 2 fully saturated rings. The first-order valence-corrected chi connectivity index (χ1v) is 11.4. The largest absolute Gasteiger partial charge is 0.493 e. The van der Waals surface area contributed by atoms with Gasteiger partial charge in [0.1, 0.15) is 0 Å². The van der Waals surface area contributed by atoms with Crippen LogP contribution in [0.25, 0.3) is 0 Å². The van der Waals surface area contributed by atoms with E-state index in [2.05, 4.69) is 25.6 Å². The lowest BCUT2D eigenvalue weighted by Gasteiger charge is -2.37. The molecule has 1 aromatic heterocycles. The van der Waals surface area contributed by atoms with Gasteiger partial charge in [-0.2, -0.15) is 5.10 Å². The maximum Gasteiger partial charge on any atom is 0.156 e. The second-order valence-corrected chi connectivity index (χ2v) is 9.01. The highest BCUT2D eigenvalue weighted by atomic mass is 35.5. The molecule has 1 aliphatic heterocycles. The Kier molecular flexibility index (Phi) is 6.88. The minimum absolute atomic E-state index is 0.529. The summed E-state index contributed by atoms with van der Waals surface area (Å²) < 4.78 is 7.35. The van der Waals surface area contributed by atoms with E-state index in [9.17, 15) is 0 Å². The Morgan fingerprint density at radius 1 is 1.07 bits per heavy atom. The Morgan fingerprint density at radius 2 is 1.83 bits per heavy atom. The molecule has 0 spiro atoms. The molecule has 0 N–H and O–H groups in total. The van der Waals surface area contributed by atoms with Gasteiger partial charge in [0.05, 0.1) is 41.3 Å². The Balaban J connectivity index is 1.19. The van der Waals surface area contributed by atoms with Crippen molar-refractivity contribution in [1.29, 1.82) is 0 Å². The number of benzene rings is 1. The number of nitrogens with zero attached hydrogens (tertiary/aromatic N) is 4. The van der Waals surface area contributed by atoms with Crippen molar-refractivity contribution in [2.75, 3.05) is 44.7 Å². The van der Waals surface area contributed by atoms with Gasteiger partial charge in [-0.25, -0.2) is 0 Å². The summed E-state index contributed by atoms with van der Waals surface area (Å²) in [4.78, 5) is 4.95. The second-order valence-electron chi connectivity index (χ2n) is 8.23. The van der Waals surface area contributed by atoms with Crippen LogP contribution in [0.5, 0.6) is 5.75 Å². The number of aromatic nitrogens is 2. The lowest BCUT2D eigenvalue weighted by atomic mass is 9.84. The maximum atomic E-state index is 6.39. The first-order valence-electron chi connectivity index (χ1n) is 10.6. The summed E-state index contributed by atoms with van der Waals surface area (Å²) in [6.07, 6.45) is 10.2. The fraction of sp³-hybridized carbons (Fsp3) is 0.591. The van der Waals surface area contributed by atoms with Gasteiger partial charge in [-0.05, 0) is 56.7 Å². The third kappa shape index (κ3) is 5.01. The summed E-state index contributed by atoms with van der Waals surface area (Å²) in [7, 11) is 1.70. The van der Waals surface area contributed by atoms with Crippen LogP contribution in [0, 0.1) is 5.92 Å². The molecule has 1 aromatic carbocycles. The monoisotopic (exact) mass is 436 g/mol. The molecule has 0 atom stereocenters. The summed E-state index contributed by atoms with van der Waals surface area (Å²) in [6.45, 7) is 5.39. The molecule has 0 bridgehead atoms. The molecule has 158 valence electrons. The van der Waals surface area contributed by atoms with Crippen molar-refractivity contribution < 1.29 is 4.74 Å². The van der Waals surface area contributed by atoms with Crippen LogP contribution in [0.2, 0.25) is 10.0 Å². The van der Waals surface area contributed by atoms with Crippen LogP contribution in [-0.4, -0.2) is 54.5 Å². The van der Waals surface area contributed by atoms with Gasteiger partial charge in [0.15, 0.2) is 5.75 Å². The molecule has 7 heteroatoms. The van der Waals surface area contributed by atoms with Gasteiger partial charge in [0.2, 0.25) is 0 Å². The highest BCUT2D eigenvalue weighted by Gasteiger charge is 2.25. The molecule has 2 heterocycles. The number of anilines is 1. The molecule has 0 radical (unpaired) electrons. The molecule has 4 rings (SSSR count). The molecule has 1 saturated carbocycles. The van der Waals surface area contributed by atoms with Crippen LogP contribution >= 0.6 is 23.2 Å². The van der Waals surface area contributed by atoms with Crippen molar-refractivity contribution in [2.24, 2.45) is 5.92 Å². The average Bonchev–Trinajstić information content (AvgIpc) is 3.24. The van der Waals surface area contributed by atoms with Crippen molar-refractivity contribution in [2.45, 2.75) is 38.1 Å². The minimum Gasteiger partial charge on any atom is -0.493 e. The van der Waals surface area contributed by atoms with Gasteiger partial charge in [-0.3, -0.25) is 9.58 Å². The van der Waals surface area contributed by atoms with Gasteiger partial charge in [0.25, 0.3) is 0 Å². The molecule has 2 aromatic rings. The number of halogens is 2. The summed E-state index contributed by atoms with van der Waals surface area (Å²) in [5.41, 5.74) is 1.06. The maximum absolute atomic E-state index is 6.39. The number of hydrogen-bond acceptors (Lipinski definition) is 4. The number of hydrogen-bond donors (Lipinski definition) is 0. The first-order chi connectivity index (χ1) is 14.1. The zero-order valence-electron chi connectivity index (χ0n) is 17.1. The molecule has 1 saturated heterocycles. The van der Waals surface area contributed by atoms with Crippen molar-refractivity contribution in [1.82, 2.24) is 14.7 Å². The van der Waals surface area contributed by atoms with Gasteiger partial charge >= 0.3 is 0 Å². The highest BCUT2D eigenvalue weighted by Crippen LogP contribution is 2.35. The van der Waals surface area contributed by atoms with E-state index < -0.39 is 0 Å². The predicted octanol–water partition coefficient (Wildman–Crippen LogP) is 5.14. The zero-order valence-corrected chi connectivity index (χ0v) is 18.6. The van der Waals surface area contributed by atoms with E-state index in [4.69, 9.17) is 27.9 Å². The highest BCUT2D eigenvalue weighted by molar-refractivity contribution is 6.43. The summed E-state index contributed by atoms with van der Waals surface area (Å²) in [5.74, 6) is 1.69. The van der Waals surface area contributed by atoms with Gasteiger partial charge in [-0.1, -0.05) is 29.3 Å². The lowest BCUT2D eigenvalue weighted by molar-refractivity contribution is 0.201. The lowest BCUT2D eigenvalue weighted by Crippen LogP contribution is -2.47. The standard InChI is InChI=1S/C22H30Cl2N4O/c1-29-19-15-25-28(16-19)18-7-5-17(6-8-18)9-10-26-11-13-27(14-12-26)21-4-2-3-20(23)22(21)24/h2-4,15-18H,5-14H2,1H3. The van der Waals surface area contributed by atoms with Crippen LogP contribution in [0.3, 0.4) is 0 Å². The molecule has 0 unspecified atom stereocenters. The van der Waals surface area contributed by atoms with Crippen LogP contribution in [0.4, 0.5) is 5.69 Å². The Labute approximate surface area is 183 Å². The average molecular weight is 437 g/mol. The second kappa shape index (κ2) is 9.59. The summed E-state index contributed by atoms with van der Waals surface area (Å²) in [5, 5.41) is 5.77. The van der Waals surface area contributed by atoms with Crippen LogP contribution in [-0.2, 0) is 0 Å². The smallest absolute Gasteiger partial charge is 0.156 e. The molecular formula is C22H30Cl2N4O. The predicted molar refractivity (Wildman–Crippen MR) is 120 cm³/mol. The van der Waals surface area contributed by atoms with E-state index in [1.54, 1.807) is 7.11 Å². The third-order valence-electron chi connectivity index (χ3n) is 6.50. The van der Waals surface area contributed by atoms with Crippen molar-refractivity contribution >= 4 is 28.9 Å². The fourth-order valence-electron chi connectivity index (χ4n) is 4.64. The van der Waals surface area contributed by atoms with Crippen molar-refractivity contribution in [3.8, 4) is 5.75 Å². The van der Waals surface area contributed by atoms with Crippen molar-refractivity contribution in [3.63, 3.8) is 0 Å². The molecule has 0 amide bonds. The first kappa shape index (κ1) is 20.8. The zero-order chi connectivity index (χ0) is 20.2. The molecule has 5 nitrogen and oxygen atoms in total. The van der Waals surface area contributed by atoms with Crippen LogP contribution < -0.4 is 9.64 Å². The van der Waals surface area contributed by atoms with Gasteiger partial charge in [-0.15, -0.1) is 0 Å². The number of ether oxygens (including phenoxy) is 1. The molecule has 29 heavy (non-hydrogen) atoms.